The summed E-state index contributed by atoms with van der Waals surface area (Å²) in [7, 11) is 1.64. The summed E-state index contributed by atoms with van der Waals surface area (Å²) < 4.78 is 12.8. The third-order valence-electron chi connectivity index (χ3n) is 6.34. The van der Waals surface area contributed by atoms with Crippen molar-refractivity contribution in [3.05, 3.63) is 84.4 Å². The van der Waals surface area contributed by atoms with Gasteiger partial charge in [0.2, 0.25) is 0 Å². The maximum atomic E-state index is 13.2. The molecule has 0 bridgehead atoms. The molecule has 0 amide bonds. The summed E-state index contributed by atoms with van der Waals surface area (Å²) in [5.74, 6) is 2.22. The van der Waals surface area contributed by atoms with Crippen LogP contribution in [0.3, 0.4) is 0 Å². The largest absolute Gasteiger partial charge is 0.493 e. The number of benzene rings is 3. The van der Waals surface area contributed by atoms with Crippen LogP contribution in [0.4, 0.5) is 5.82 Å². The Labute approximate surface area is 205 Å². The van der Waals surface area contributed by atoms with E-state index in [-0.39, 0.29) is 5.91 Å². The first-order valence-electron chi connectivity index (χ1n) is 12.0. The Morgan fingerprint density at radius 3 is 2.54 bits per heavy atom. The summed E-state index contributed by atoms with van der Waals surface area (Å²) in [6.07, 6.45) is 0.935. The predicted octanol–water partition coefficient (Wildman–Crippen LogP) is 4.12. The summed E-state index contributed by atoms with van der Waals surface area (Å²) in [6.45, 7) is 5.22. The fraction of sp³-hybridized carbons (Fsp3) is 0.286. The molecule has 179 valence electrons. The van der Waals surface area contributed by atoms with Crippen LogP contribution in [0.15, 0.2) is 72.8 Å². The standard InChI is InChI=1S/C28H29N4O3/c1-34-25-14-7-8-15-26(25)35-21-9-16-30-17-19-31(20-18-30)27-23-12-5-6-13-24(23)32(29-27)28(33)22-10-3-2-4-11-22/h2-6,8,10-15H,9,16-21H2,1H3. The number of ether oxygens (including phenoxy) is 2. The van der Waals surface area contributed by atoms with Gasteiger partial charge < -0.3 is 14.4 Å². The van der Waals surface area contributed by atoms with Crippen LogP contribution in [-0.2, 0) is 0 Å². The van der Waals surface area contributed by atoms with Crippen molar-refractivity contribution < 1.29 is 14.3 Å². The lowest BCUT2D eigenvalue weighted by molar-refractivity contribution is 0.0950. The zero-order chi connectivity index (χ0) is 24.0. The van der Waals surface area contributed by atoms with Crippen molar-refractivity contribution in [2.75, 3.05) is 51.3 Å². The minimum absolute atomic E-state index is 0.111. The van der Waals surface area contributed by atoms with Gasteiger partial charge in [0.15, 0.2) is 17.3 Å². The number of rotatable bonds is 8. The maximum Gasteiger partial charge on any atom is 0.278 e. The molecular weight excluding hydrogens is 440 g/mol. The highest BCUT2D eigenvalue weighted by Crippen LogP contribution is 2.28. The predicted molar refractivity (Wildman–Crippen MR) is 136 cm³/mol. The Bertz CT molecular complexity index is 1280. The van der Waals surface area contributed by atoms with E-state index in [0.29, 0.717) is 17.9 Å². The second kappa shape index (κ2) is 10.6. The lowest BCUT2D eigenvalue weighted by atomic mass is 10.2. The van der Waals surface area contributed by atoms with Gasteiger partial charge in [-0.3, -0.25) is 9.69 Å². The van der Waals surface area contributed by atoms with Crippen LogP contribution in [0.25, 0.3) is 10.9 Å². The molecule has 7 nitrogen and oxygen atoms in total. The average Bonchev–Trinajstić information content (AvgIpc) is 3.31. The average molecular weight is 470 g/mol. The van der Waals surface area contributed by atoms with Crippen molar-refractivity contribution in [1.82, 2.24) is 14.7 Å². The first kappa shape index (κ1) is 22.9. The smallest absolute Gasteiger partial charge is 0.278 e. The van der Waals surface area contributed by atoms with Crippen LogP contribution >= 0.6 is 0 Å². The van der Waals surface area contributed by atoms with Crippen molar-refractivity contribution in [3.63, 3.8) is 0 Å². The van der Waals surface area contributed by atoms with Crippen molar-refractivity contribution >= 4 is 22.6 Å². The highest BCUT2D eigenvalue weighted by Gasteiger charge is 2.24. The molecule has 7 heteroatoms. The molecule has 0 atom stereocenters. The highest BCUT2D eigenvalue weighted by molar-refractivity contribution is 6.03. The number of hydrogen-bond donors (Lipinski definition) is 0. The normalized spacial score (nSPS) is 14.3. The number of fused-ring (bicyclic) bond motifs is 1. The third-order valence-corrected chi connectivity index (χ3v) is 6.34. The second-order valence-electron chi connectivity index (χ2n) is 8.53. The first-order valence-corrected chi connectivity index (χ1v) is 12.0. The minimum atomic E-state index is -0.111. The molecule has 2 heterocycles. The number of nitrogens with zero attached hydrogens (tertiary/aromatic N) is 4. The van der Waals surface area contributed by atoms with E-state index in [0.717, 1.165) is 61.6 Å². The SMILES string of the molecule is COc1c[c]ccc1OCCCN1CCN(c2nn(C(=O)c3ccccc3)c3ccccc23)CC1. The summed E-state index contributed by atoms with van der Waals surface area (Å²) in [4.78, 5) is 17.9. The second-order valence-corrected chi connectivity index (χ2v) is 8.53. The fourth-order valence-electron chi connectivity index (χ4n) is 4.47. The van der Waals surface area contributed by atoms with Gasteiger partial charge in [-0.15, -0.1) is 5.10 Å². The van der Waals surface area contributed by atoms with Gasteiger partial charge in [-0.1, -0.05) is 36.4 Å². The van der Waals surface area contributed by atoms with E-state index < -0.39 is 0 Å². The quantitative estimate of drug-likeness (QED) is 0.362. The van der Waals surface area contributed by atoms with E-state index in [1.54, 1.807) is 17.9 Å². The van der Waals surface area contributed by atoms with E-state index in [1.165, 1.54) is 0 Å². The molecule has 1 saturated heterocycles. The zero-order valence-electron chi connectivity index (χ0n) is 19.9. The molecule has 0 unspecified atom stereocenters. The Morgan fingerprint density at radius 1 is 0.971 bits per heavy atom. The van der Waals surface area contributed by atoms with Crippen LogP contribution in [0.2, 0.25) is 0 Å². The molecule has 1 radical (unpaired) electrons. The molecule has 5 rings (SSSR count). The third kappa shape index (κ3) is 5.00. The van der Waals surface area contributed by atoms with Gasteiger partial charge in [0.05, 0.1) is 19.2 Å². The van der Waals surface area contributed by atoms with Gasteiger partial charge in [0.1, 0.15) is 0 Å². The topological polar surface area (TPSA) is 59.8 Å². The van der Waals surface area contributed by atoms with Crippen molar-refractivity contribution in [2.24, 2.45) is 0 Å². The number of piperazine rings is 1. The van der Waals surface area contributed by atoms with Crippen LogP contribution in [0.1, 0.15) is 16.8 Å². The Morgan fingerprint density at radius 2 is 1.74 bits per heavy atom. The Hall–Kier alpha value is -3.84. The Balaban J connectivity index is 1.20. The lowest BCUT2D eigenvalue weighted by Crippen LogP contribution is -2.47. The summed E-state index contributed by atoms with van der Waals surface area (Å²) in [5.41, 5.74) is 1.47. The van der Waals surface area contributed by atoms with Crippen LogP contribution in [0, 0.1) is 6.07 Å². The molecule has 1 aliphatic rings. The van der Waals surface area contributed by atoms with Crippen molar-refractivity contribution in [3.8, 4) is 11.5 Å². The molecular formula is C28H29N4O3. The molecule has 0 aliphatic carbocycles. The molecule has 1 fully saturated rings. The van der Waals surface area contributed by atoms with Gasteiger partial charge in [0.25, 0.3) is 5.91 Å². The monoisotopic (exact) mass is 469 g/mol. The van der Waals surface area contributed by atoms with E-state index in [2.05, 4.69) is 15.9 Å². The van der Waals surface area contributed by atoms with Crippen LogP contribution in [-0.4, -0.2) is 67.0 Å². The number of hydrogen-bond acceptors (Lipinski definition) is 6. The van der Waals surface area contributed by atoms with Gasteiger partial charge in [-0.2, -0.15) is 4.68 Å². The number of anilines is 1. The van der Waals surface area contributed by atoms with Gasteiger partial charge in [-0.05, 0) is 48.9 Å². The van der Waals surface area contributed by atoms with Crippen molar-refractivity contribution in [2.45, 2.75) is 6.42 Å². The van der Waals surface area contributed by atoms with Gasteiger partial charge >= 0.3 is 0 Å². The number of carbonyl (C=O) groups excluding carboxylic acids is 1. The minimum Gasteiger partial charge on any atom is -0.493 e. The van der Waals surface area contributed by atoms with E-state index in [4.69, 9.17) is 14.6 Å². The maximum absolute atomic E-state index is 13.2. The first-order chi connectivity index (χ1) is 17.2. The molecule has 0 spiro atoms. The number of methoxy groups -OCH3 is 1. The highest BCUT2D eigenvalue weighted by atomic mass is 16.5. The Kier molecular flexibility index (Phi) is 6.95. The van der Waals surface area contributed by atoms with E-state index >= 15 is 0 Å². The number of aromatic nitrogens is 2. The molecule has 0 saturated carbocycles. The van der Waals surface area contributed by atoms with Gasteiger partial charge in [-0.25, -0.2) is 0 Å². The van der Waals surface area contributed by atoms with Gasteiger partial charge in [0, 0.05) is 43.7 Å². The van der Waals surface area contributed by atoms with Crippen LogP contribution < -0.4 is 14.4 Å². The molecule has 35 heavy (non-hydrogen) atoms. The fourth-order valence-corrected chi connectivity index (χ4v) is 4.47. The summed E-state index contributed by atoms with van der Waals surface area (Å²) in [6, 6.07) is 25.8. The van der Waals surface area contributed by atoms with E-state index in [9.17, 15) is 4.79 Å². The van der Waals surface area contributed by atoms with Crippen LogP contribution in [0.5, 0.6) is 11.5 Å². The summed E-state index contributed by atoms with van der Waals surface area (Å²) in [5, 5.41) is 5.79. The number of para-hydroxylation sites is 1. The molecule has 0 N–H and O–H groups in total. The molecule has 3 aromatic carbocycles. The number of carbonyl (C=O) groups is 1. The van der Waals surface area contributed by atoms with E-state index in [1.807, 2.05) is 66.7 Å². The molecule has 4 aromatic rings. The summed E-state index contributed by atoms with van der Waals surface area (Å²) >= 11 is 0. The molecule has 1 aromatic heterocycles. The zero-order valence-corrected chi connectivity index (χ0v) is 19.9. The lowest BCUT2D eigenvalue weighted by Gasteiger charge is -2.35. The van der Waals surface area contributed by atoms with Crippen molar-refractivity contribution in [1.29, 1.82) is 0 Å². The molecule has 1 aliphatic heterocycles.